The normalized spacial score (nSPS) is 13.3. The molecule has 0 aliphatic rings. The Balaban J connectivity index is 3.46. The molecule has 18 heavy (non-hydrogen) atoms. The average Bonchev–Trinajstić information content (AvgIpc) is 2.34. The number of benzene rings is 1. The van der Waals surface area contributed by atoms with Crippen LogP contribution in [-0.4, -0.2) is 25.9 Å². The minimum Gasteiger partial charge on any atom is -0.493 e. The molecule has 1 rings (SSSR count). The van der Waals surface area contributed by atoms with E-state index in [2.05, 4.69) is 0 Å². The smallest absolute Gasteiger partial charge is 0.161 e. The third kappa shape index (κ3) is 2.91. The van der Waals surface area contributed by atoms with Crippen molar-refractivity contribution in [3.05, 3.63) is 23.3 Å². The van der Waals surface area contributed by atoms with E-state index in [0.29, 0.717) is 22.6 Å². The molecule has 0 aliphatic heterocycles. The Morgan fingerprint density at radius 1 is 1.28 bits per heavy atom. The Morgan fingerprint density at radius 3 is 2.17 bits per heavy atom. The summed E-state index contributed by atoms with van der Waals surface area (Å²) in [4.78, 5) is 0. The fraction of sp³-hybridized carbons (Fsp3) is 0.538. The Hall–Kier alpha value is -1.33. The second-order valence-electron chi connectivity index (χ2n) is 4.56. The largest absolute Gasteiger partial charge is 0.493 e. The molecule has 0 radical (unpaired) electrons. The molecule has 0 amide bonds. The maximum Gasteiger partial charge on any atom is 0.161 e. The van der Waals surface area contributed by atoms with Crippen LogP contribution in [0.3, 0.4) is 0 Å². The van der Waals surface area contributed by atoms with Crippen LogP contribution >= 0.6 is 0 Å². The van der Waals surface area contributed by atoms with Crippen LogP contribution in [0, 0.1) is 0 Å². The highest BCUT2D eigenvalue weighted by Crippen LogP contribution is 2.38. The molecule has 0 heterocycles. The number of ether oxygens (including phenoxy) is 2. The number of rotatable bonds is 5. The van der Waals surface area contributed by atoms with Gasteiger partial charge < -0.3 is 20.3 Å². The number of alkyl halides is 1. The molecule has 5 heteroatoms. The van der Waals surface area contributed by atoms with E-state index < -0.39 is 11.7 Å². The lowest BCUT2D eigenvalue weighted by Gasteiger charge is -2.24. The zero-order valence-electron chi connectivity index (χ0n) is 11.2. The lowest BCUT2D eigenvalue weighted by atomic mass is 9.90. The van der Waals surface area contributed by atoms with Crippen molar-refractivity contribution in [1.29, 1.82) is 0 Å². The summed E-state index contributed by atoms with van der Waals surface area (Å²) in [6.45, 7) is 2.60. The van der Waals surface area contributed by atoms with Crippen LogP contribution in [0.15, 0.2) is 12.1 Å². The number of halogens is 1. The van der Waals surface area contributed by atoms with E-state index in [1.807, 2.05) is 0 Å². The summed E-state index contributed by atoms with van der Waals surface area (Å²) in [6.07, 6.45) is 0. The van der Waals surface area contributed by atoms with E-state index in [9.17, 15) is 4.39 Å². The van der Waals surface area contributed by atoms with Crippen LogP contribution in [0.5, 0.6) is 11.5 Å². The molecule has 4 nitrogen and oxygen atoms in total. The summed E-state index contributed by atoms with van der Waals surface area (Å²) in [5.41, 5.74) is 5.12. The summed E-state index contributed by atoms with van der Waals surface area (Å²) in [7, 11) is 2.98. The van der Waals surface area contributed by atoms with Gasteiger partial charge in [-0.25, -0.2) is 4.39 Å². The van der Waals surface area contributed by atoms with Gasteiger partial charge in [0.15, 0.2) is 11.5 Å². The maximum absolute atomic E-state index is 14.2. The van der Waals surface area contributed by atoms with Crippen molar-refractivity contribution in [2.45, 2.75) is 25.6 Å². The van der Waals surface area contributed by atoms with Gasteiger partial charge in [-0.1, -0.05) is 0 Å². The highest BCUT2D eigenvalue weighted by atomic mass is 19.1. The van der Waals surface area contributed by atoms with Gasteiger partial charge in [-0.3, -0.25) is 0 Å². The molecule has 102 valence electrons. The SMILES string of the molecule is COc1cc(C(N)CO)c(C(C)(C)F)cc1OC. The molecular formula is C13H20FNO3. The summed E-state index contributed by atoms with van der Waals surface area (Å²) >= 11 is 0. The second kappa shape index (κ2) is 5.54. The van der Waals surface area contributed by atoms with E-state index in [0.717, 1.165) is 0 Å². The average molecular weight is 257 g/mol. The van der Waals surface area contributed by atoms with Crippen molar-refractivity contribution in [3.8, 4) is 11.5 Å². The van der Waals surface area contributed by atoms with Gasteiger partial charge in [0.1, 0.15) is 5.67 Å². The van der Waals surface area contributed by atoms with Crippen molar-refractivity contribution < 1.29 is 19.0 Å². The molecule has 1 unspecified atom stereocenters. The Bertz CT molecular complexity index is 415. The monoisotopic (exact) mass is 257 g/mol. The first-order valence-electron chi connectivity index (χ1n) is 5.66. The predicted molar refractivity (Wildman–Crippen MR) is 67.7 cm³/mol. The molecule has 0 aromatic heterocycles. The molecule has 0 saturated heterocycles. The number of nitrogens with two attached hydrogens (primary N) is 1. The van der Waals surface area contributed by atoms with Crippen LogP contribution in [0.2, 0.25) is 0 Å². The van der Waals surface area contributed by atoms with Gasteiger partial charge in [0.05, 0.1) is 26.9 Å². The van der Waals surface area contributed by atoms with Gasteiger partial charge in [0.25, 0.3) is 0 Å². The van der Waals surface area contributed by atoms with Crippen LogP contribution < -0.4 is 15.2 Å². The zero-order valence-corrected chi connectivity index (χ0v) is 11.2. The first-order valence-corrected chi connectivity index (χ1v) is 5.66. The molecule has 3 N–H and O–H groups in total. The molecule has 1 aromatic carbocycles. The van der Waals surface area contributed by atoms with Crippen LogP contribution in [0.1, 0.15) is 31.0 Å². The molecule has 1 aromatic rings. The van der Waals surface area contributed by atoms with Gasteiger partial charge in [0.2, 0.25) is 0 Å². The molecule has 0 spiro atoms. The summed E-state index contributed by atoms with van der Waals surface area (Å²) in [5, 5.41) is 9.15. The topological polar surface area (TPSA) is 64.7 Å². The van der Waals surface area contributed by atoms with Gasteiger partial charge in [-0.15, -0.1) is 0 Å². The van der Waals surface area contributed by atoms with Crippen molar-refractivity contribution in [2.24, 2.45) is 5.73 Å². The third-order valence-corrected chi connectivity index (χ3v) is 2.79. The molecule has 0 aliphatic carbocycles. The quantitative estimate of drug-likeness (QED) is 0.845. The van der Waals surface area contributed by atoms with Crippen molar-refractivity contribution in [3.63, 3.8) is 0 Å². The van der Waals surface area contributed by atoms with E-state index in [1.54, 1.807) is 12.1 Å². The van der Waals surface area contributed by atoms with E-state index in [-0.39, 0.29) is 6.61 Å². The first kappa shape index (κ1) is 14.7. The Labute approximate surface area is 107 Å². The van der Waals surface area contributed by atoms with Crippen LogP contribution in [-0.2, 0) is 5.67 Å². The number of hydrogen-bond acceptors (Lipinski definition) is 4. The van der Waals surface area contributed by atoms with Crippen molar-refractivity contribution in [1.82, 2.24) is 0 Å². The van der Waals surface area contributed by atoms with Crippen molar-refractivity contribution >= 4 is 0 Å². The molecule has 0 saturated carbocycles. The highest BCUT2D eigenvalue weighted by molar-refractivity contribution is 5.50. The first-order chi connectivity index (χ1) is 8.35. The van der Waals surface area contributed by atoms with E-state index in [1.165, 1.54) is 28.1 Å². The summed E-state index contributed by atoms with van der Waals surface area (Å²) in [5.74, 6) is 0.900. The lowest BCUT2D eigenvalue weighted by molar-refractivity contribution is 0.213. The van der Waals surface area contributed by atoms with Gasteiger partial charge in [-0.2, -0.15) is 0 Å². The molecule has 0 bridgehead atoms. The molecule has 0 fully saturated rings. The molecular weight excluding hydrogens is 237 g/mol. The third-order valence-electron chi connectivity index (χ3n) is 2.79. The van der Waals surface area contributed by atoms with E-state index in [4.69, 9.17) is 20.3 Å². The van der Waals surface area contributed by atoms with E-state index >= 15 is 0 Å². The summed E-state index contributed by atoms with van der Waals surface area (Å²) in [6, 6.07) is 2.51. The number of aliphatic hydroxyl groups is 1. The number of hydrogen-bond donors (Lipinski definition) is 2. The fourth-order valence-corrected chi connectivity index (χ4v) is 1.81. The minimum absolute atomic E-state index is 0.265. The zero-order chi connectivity index (χ0) is 13.9. The Morgan fingerprint density at radius 2 is 1.78 bits per heavy atom. The predicted octanol–water partition coefficient (Wildman–Crippen LogP) is 1.90. The molecule has 1 atom stereocenters. The Kier molecular flexibility index (Phi) is 4.53. The van der Waals surface area contributed by atoms with Gasteiger partial charge in [-0.05, 0) is 37.1 Å². The van der Waals surface area contributed by atoms with Crippen LogP contribution in [0.4, 0.5) is 4.39 Å². The summed E-state index contributed by atoms with van der Waals surface area (Å²) < 4.78 is 24.5. The minimum atomic E-state index is -1.58. The number of methoxy groups -OCH3 is 2. The highest BCUT2D eigenvalue weighted by Gasteiger charge is 2.27. The standard InChI is InChI=1S/C13H20FNO3/c1-13(2,14)9-6-12(18-4)11(17-3)5-8(9)10(15)7-16/h5-6,10,16H,7,15H2,1-4H3. The fourth-order valence-electron chi connectivity index (χ4n) is 1.81. The van der Waals surface area contributed by atoms with Gasteiger partial charge >= 0.3 is 0 Å². The second-order valence-corrected chi connectivity index (χ2v) is 4.56. The lowest BCUT2D eigenvalue weighted by Crippen LogP contribution is -2.21. The van der Waals surface area contributed by atoms with Gasteiger partial charge in [0, 0.05) is 0 Å². The van der Waals surface area contributed by atoms with Crippen molar-refractivity contribution in [2.75, 3.05) is 20.8 Å². The van der Waals surface area contributed by atoms with Crippen LogP contribution in [0.25, 0.3) is 0 Å². The maximum atomic E-state index is 14.2. The number of aliphatic hydroxyl groups excluding tert-OH is 1.